The predicted molar refractivity (Wildman–Crippen MR) is 74.2 cm³/mol. The highest BCUT2D eigenvalue weighted by atomic mass is 16.2. The lowest BCUT2D eigenvalue weighted by Crippen LogP contribution is -2.28. The third-order valence-corrected chi connectivity index (χ3v) is 2.41. The lowest BCUT2D eigenvalue weighted by atomic mass is 10.1. The Morgan fingerprint density at radius 2 is 1.71 bits per heavy atom. The van der Waals surface area contributed by atoms with E-state index in [0.717, 1.165) is 18.5 Å². The molecule has 0 aliphatic rings. The Labute approximate surface area is 106 Å². The summed E-state index contributed by atoms with van der Waals surface area (Å²) in [7, 11) is 1.86. The van der Waals surface area contributed by atoms with Crippen LogP contribution < -0.4 is 0 Å². The molecule has 0 aromatic heterocycles. The van der Waals surface area contributed by atoms with Gasteiger partial charge in [0.1, 0.15) is 0 Å². The first kappa shape index (κ1) is 15.7. The number of carbonyl (C=O) groups excluding carboxylic acids is 1. The van der Waals surface area contributed by atoms with Crippen LogP contribution >= 0.6 is 0 Å². The molecule has 0 fully saturated rings. The first-order valence-corrected chi connectivity index (χ1v) is 6.41. The number of benzene rings is 1. The second-order valence-electron chi connectivity index (χ2n) is 4.28. The Balaban J connectivity index is 0.00000121. The van der Waals surface area contributed by atoms with Crippen LogP contribution in [0.25, 0.3) is 0 Å². The normalized spacial score (nSPS) is 9.53. The monoisotopic (exact) mass is 235 g/mol. The lowest BCUT2D eigenvalue weighted by Gasteiger charge is -2.18. The van der Waals surface area contributed by atoms with Crippen LogP contribution in [0.15, 0.2) is 30.3 Å². The molecule has 1 rings (SSSR count). The summed E-state index contributed by atoms with van der Waals surface area (Å²) in [5, 5.41) is 0. The van der Waals surface area contributed by atoms with Crippen LogP contribution in [-0.2, 0) is 0 Å². The zero-order valence-electron chi connectivity index (χ0n) is 11.7. The third kappa shape index (κ3) is 6.10. The van der Waals surface area contributed by atoms with Gasteiger partial charge in [-0.3, -0.25) is 4.79 Å². The van der Waals surface area contributed by atoms with Crippen LogP contribution in [0.5, 0.6) is 0 Å². The fraction of sp³-hybridized carbons (Fsp3) is 0.533. The van der Waals surface area contributed by atoms with Crippen LogP contribution in [0.3, 0.4) is 0 Å². The molecule has 0 radical (unpaired) electrons. The summed E-state index contributed by atoms with van der Waals surface area (Å²) >= 11 is 0. The minimum absolute atomic E-state index is 0.108. The van der Waals surface area contributed by atoms with Gasteiger partial charge in [-0.1, -0.05) is 45.9 Å². The molecule has 0 atom stereocenters. The predicted octanol–water partition coefficient (Wildman–Crippen LogP) is 3.83. The van der Waals surface area contributed by atoms with Gasteiger partial charge < -0.3 is 4.90 Å². The highest BCUT2D eigenvalue weighted by Crippen LogP contribution is 2.06. The molecular formula is C15H25NO. The summed E-state index contributed by atoms with van der Waals surface area (Å²) in [6.45, 7) is 9.16. The quantitative estimate of drug-likeness (QED) is 0.776. The molecule has 0 aliphatic carbocycles. The largest absolute Gasteiger partial charge is 0.342 e. The molecule has 2 nitrogen and oxygen atoms in total. The summed E-state index contributed by atoms with van der Waals surface area (Å²) in [5.74, 6) is 0.743. The minimum Gasteiger partial charge on any atom is -0.342 e. The zero-order valence-corrected chi connectivity index (χ0v) is 11.7. The maximum atomic E-state index is 11.9. The minimum atomic E-state index is 0.108. The van der Waals surface area contributed by atoms with E-state index in [9.17, 15) is 4.79 Å². The van der Waals surface area contributed by atoms with Crippen molar-refractivity contribution in [2.75, 3.05) is 13.6 Å². The molecule has 1 aromatic carbocycles. The Morgan fingerprint density at radius 3 is 2.18 bits per heavy atom. The second kappa shape index (κ2) is 8.80. The van der Waals surface area contributed by atoms with Crippen molar-refractivity contribution in [3.8, 4) is 0 Å². The van der Waals surface area contributed by atoms with Gasteiger partial charge in [-0.15, -0.1) is 0 Å². The lowest BCUT2D eigenvalue weighted by molar-refractivity contribution is 0.0789. The Bertz CT molecular complexity index is 306. The Hall–Kier alpha value is -1.31. The van der Waals surface area contributed by atoms with Gasteiger partial charge in [0.05, 0.1) is 0 Å². The highest BCUT2D eigenvalue weighted by Gasteiger charge is 2.10. The molecular weight excluding hydrogens is 210 g/mol. The zero-order chi connectivity index (χ0) is 13.3. The maximum absolute atomic E-state index is 11.9. The maximum Gasteiger partial charge on any atom is 0.253 e. The average molecular weight is 235 g/mol. The van der Waals surface area contributed by atoms with Gasteiger partial charge in [0.25, 0.3) is 5.91 Å². The van der Waals surface area contributed by atoms with E-state index in [-0.39, 0.29) is 5.91 Å². The van der Waals surface area contributed by atoms with Crippen molar-refractivity contribution >= 4 is 5.91 Å². The molecule has 0 aliphatic heterocycles. The van der Waals surface area contributed by atoms with E-state index in [1.165, 1.54) is 0 Å². The Morgan fingerprint density at radius 1 is 1.18 bits per heavy atom. The van der Waals surface area contributed by atoms with Crippen molar-refractivity contribution in [1.82, 2.24) is 4.90 Å². The second-order valence-corrected chi connectivity index (χ2v) is 4.28. The molecule has 0 heterocycles. The smallest absolute Gasteiger partial charge is 0.253 e. The standard InChI is InChI=1S/C13H19NO.C2H6/c1-11(2)9-10-14(3)13(15)12-7-5-4-6-8-12;1-2/h4-8,11H,9-10H2,1-3H3;1-2H3. The summed E-state index contributed by atoms with van der Waals surface area (Å²) in [6.07, 6.45) is 1.05. The van der Waals surface area contributed by atoms with Crippen molar-refractivity contribution in [2.24, 2.45) is 5.92 Å². The van der Waals surface area contributed by atoms with E-state index in [2.05, 4.69) is 13.8 Å². The third-order valence-electron chi connectivity index (χ3n) is 2.41. The fourth-order valence-electron chi connectivity index (χ4n) is 1.35. The van der Waals surface area contributed by atoms with Crippen LogP contribution in [0, 0.1) is 5.92 Å². The molecule has 0 bridgehead atoms. The summed E-state index contributed by atoms with van der Waals surface area (Å²) < 4.78 is 0. The van der Waals surface area contributed by atoms with Crippen LogP contribution in [-0.4, -0.2) is 24.4 Å². The van der Waals surface area contributed by atoms with Crippen LogP contribution in [0.1, 0.15) is 44.5 Å². The Kier molecular flexibility index (Phi) is 8.12. The van der Waals surface area contributed by atoms with Gasteiger partial charge >= 0.3 is 0 Å². The van der Waals surface area contributed by atoms with Crippen molar-refractivity contribution in [1.29, 1.82) is 0 Å². The van der Waals surface area contributed by atoms with Crippen molar-refractivity contribution in [3.63, 3.8) is 0 Å². The number of rotatable bonds is 4. The molecule has 0 unspecified atom stereocenters. The van der Waals surface area contributed by atoms with Gasteiger partial charge in [0.15, 0.2) is 0 Å². The number of nitrogens with zero attached hydrogens (tertiary/aromatic N) is 1. The van der Waals surface area contributed by atoms with E-state index in [1.807, 2.05) is 51.2 Å². The van der Waals surface area contributed by atoms with Gasteiger partial charge in [-0.25, -0.2) is 0 Å². The topological polar surface area (TPSA) is 20.3 Å². The molecule has 1 aromatic rings. The first-order valence-electron chi connectivity index (χ1n) is 6.41. The van der Waals surface area contributed by atoms with E-state index in [4.69, 9.17) is 0 Å². The number of hydrogen-bond acceptors (Lipinski definition) is 1. The molecule has 0 spiro atoms. The van der Waals surface area contributed by atoms with E-state index < -0.39 is 0 Å². The first-order chi connectivity index (χ1) is 8.11. The molecule has 17 heavy (non-hydrogen) atoms. The summed E-state index contributed by atoms with van der Waals surface area (Å²) in [5.41, 5.74) is 0.767. The van der Waals surface area contributed by atoms with Crippen molar-refractivity contribution in [2.45, 2.75) is 34.1 Å². The van der Waals surface area contributed by atoms with E-state index >= 15 is 0 Å². The molecule has 0 saturated carbocycles. The highest BCUT2D eigenvalue weighted by molar-refractivity contribution is 5.93. The summed E-state index contributed by atoms with van der Waals surface area (Å²) in [6, 6.07) is 9.42. The van der Waals surface area contributed by atoms with Gasteiger partial charge in [0.2, 0.25) is 0 Å². The molecule has 0 saturated heterocycles. The van der Waals surface area contributed by atoms with Gasteiger partial charge in [-0.2, -0.15) is 0 Å². The van der Waals surface area contributed by atoms with Crippen molar-refractivity contribution < 1.29 is 4.79 Å². The molecule has 2 heteroatoms. The van der Waals surface area contributed by atoms with E-state index in [0.29, 0.717) is 5.92 Å². The molecule has 0 N–H and O–H groups in total. The number of carbonyl (C=O) groups is 1. The van der Waals surface area contributed by atoms with Crippen LogP contribution in [0.2, 0.25) is 0 Å². The molecule has 96 valence electrons. The van der Waals surface area contributed by atoms with Crippen LogP contribution in [0.4, 0.5) is 0 Å². The number of hydrogen-bond donors (Lipinski definition) is 0. The summed E-state index contributed by atoms with van der Waals surface area (Å²) in [4.78, 5) is 13.7. The average Bonchev–Trinajstić information content (AvgIpc) is 2.38. The SMILES string of the molecule is CC.CC(C)CCN(C)C(=O)c1ccccc1. The van der Waals surface area contributed by atoms with E-state index in [1.54, 1.807) is 4.90 Å². The fourth-order valence-corrected chi connectivity index (χ4v) is 1.35. The van der Waals surface area contributed by atoms with Crippen molar-refractivity contribution in [3.05, 3.63) is 35.9 Å². The molecule has 1 amide bonds. The van der Waals surface area contributed by atoms with Gasteiger partial charge in [-0.05, 0) is 24.5 Å². The number of amides is 1. The van der Waals surface area contributed by atoms with Gasteiger partial charge in [0, 0.05) is 19.2 Å².